The molecule has 6 heteroatoms. The Bertz CT molecular complexity index is 706. The first-order valence-electron chi connectivity index (χ1n) is 9.47. The lowest BCUT2D eigenvalue weighted by Crippen LogP contribution is -2.42. The van der Waals surface area contributed by atoms with E-state index in [0.29, 0.717) is 31.7 Å². The smallest absolute Gasteiger partial charge is 0.223 e. The van der Waals surface area contributed by atoms with Crippen LogP contribution >= 0.6 is 0 Å². The van der Waals surface area contributed by atoms with Crippen molar-refractivity contribution in [3.05, 3.63) is 54.2 Å². The van der Waals surface area contributed by atoms with E-state index in [1.165, 1.54) is 0 Å². The van der Waals surface area contributed by atoms with Crippen molar-refractivity contribution in [2.24, 2.45) is 5.92 Å². The van der Waals surface area contributed by atoms with Gasteiger partial charge in [-0.1, -0.05) is 24.3 Å². The van der Waals surface area contributed by atoms with Crippen LogP contribution in [0.2, 0.25) is 0 Å². The molecule has 27 heavy (non-hydrogen) atoms. The number of piperidine rings is 1. The van der Waals surface area contributed by atoms with Gasteiger partial charge >= 0.3 is 0 Å². The number of ether oxygens (including phenoxy) is 2. The van der Waals surface area contributed by atoms with E-state index in [4.69, 9.17) is 9.47 Å². The second-order valence-electron chi connectivity index (χ2n) is 6.81. The topological polar surface area (TPSA) is 72.5 Å². The molecule has 1 aliphatic heterocycles. The maximum Gasteiger partial charge on any atom is 0.223 e. The third-order valence-corrected chi connectivity index (χ3v) is 4.60. The summed E-state index contributed by atoms with van der Waals surface area (Å²) in [5.74, 6) is 1.60. The molecular weight excluding hydrogens is 342 g/mol. The number of para-hydroxylation sites is 1. The highest BCUT2D eigenvalue weighted by Crippen LogP contribution is 2.16. The summed E-state index contributed by atoms with van der Waals surface area (Å²) < 4.78 is 11.2. The van der Waals surface area contributed by atoms with Crippen molar-refractivity contribution < 1.29 is 14.3 Å². The minimum atomic E-state index is 0.0985. The van der Waals surface area contributed by atoms with Crippen molar-refractivity contribution in [1.29, 1.82) is 0 Å². The quantitative estimate of drug-likeness (QED) is 0.700. The Morgan fingerprint density at radius 1 is 1.19 bits per heavy atom. The number of aromatic nitrogens is 1. The van der Waals surface area contributed by atoms with Crippen molar-refractivity contribution in [2.45, 2.75) is 32.4 Å². The third-order valence-electron chi connectivity index (χ3n) is 4.60. The van der Waals surface area contributed by atoms with Crippen LogP contribution in [0.5, 0.6) is 11.6 Å². The van der Waals surface area contributed by atoms with E-state index in [0.717, 1.165) is 30.7 Å². The van der Waals surface area contributed by atoms with Gasteiger partial charge in [0.05, 0.1) is 0 Å². The normalized spacial score (nSPS) is 19.3. The van der Waals surface area contributed by atoms with E-state index in [-0.39, 0.29) is 11.8 Å². The van der Waals surface area contributed by atoms with E-state index in [1.54, 1.807) is 6.20 Å². The Balaban J connectivity index is 1.36. The van der Waals surface area contributed by atoms with E-state index in [2.05, 4.69) is 22.5 Å². The van der Waals surface area contributed by atoms with Crippen LogP contribution in [0.15, 0.2) is 48.7 Å². The summed E-state index contributed by atoms with van der Waals surface area (Å²) in [7, 11) is 0. The molecule has 0 unspecified atom stereocenters. The molecule has 1 aliphatic rings. The fraction of sp³-hybridized carbons (Fsp3) is 0.429. The van der Waals surface area contributed by atoms with Gasteiger partial charge in [0.15, 0.2) is 0 Å². The monoisotopic (exact) mass is 369 g/mol. The first-order chi connectivity index (χ1) is 13.2. The molecule has 1 saturated heterocycles. The summed E-state index contributed by atoms with van der Waals surface area (Å²) in [5.41, 5.74) is 0.957. The van der Waals surface area contributed by atoms with Crippen molar-refractivity contribution in [1.82, 2.24) is 15.6 Å². The van der Waals surface area contributed by atoms with Gasteiger partial charge < -0.3 is 20.1 Å². The zero-order chi connectivity index (χ0) is 18.9. The average molecular weight is 369 g/mol. The molecular formula is C21H27N3O3. The first kappa shape index (κ1) is 19.2. The minimum Gasteiger partial charge on any atom is -0.490 e. The number of rotatable bonds is 8. The fourth-order valence-electron chi connectivity index (χ4n) is 3.13. The van der Waals surface area contributed by atoms with Gasteiger partial charge in [-0.15, -0.1) is 0 Å². The molecule has 0 bridgehead atoms. The van der Waals surface area contributed by atoms with Crippen LogP contribution in [-0.2, 0) is 11.3 Å². The van der Waals surface area contributed by atoms with Crippen LogP contribution in [0.25, 0.3) is 0 Å². The standard InChI is InChI=1S/C21H27N3O3/c1-16-13-18(9-10-22-16)21(25)24-15-17-7-8-20(23-14-17)27-12-11-26-19-5-3-2-4-6-19/h2-8,14,16,18,22H,9-13,15H2,1H3,(H,24,25)/t16-,18-/m0/s1. The Hall–Kier alpha value is -2.60. The molecule has 2 aromatic rings. The highest BCUT2D eigenvalue weighted by molar-refractivity contribution is 5.78. The second kappa shape index (κ2) is 9.92. The summed E-state index contributed by atoms with van der Waals surface area (Å²) >= 11 is 0. The number of hydrogen-bond donors (Lipinski definition) is 2. The number of amides is 1. The number of carbonyl (C=O) groups excluding carboxylic acids is 1. The molecule has 0 radical (unpaired) electrons. The Kier molecular flexibility index (Phi) is 7.04. The molecule has 2 heterocycles. The Labute approximate surface area is 160 Å². The predicted molar refractivity (Wildman–Crippen MR) is 104 cm³/mol. The van der Waals surface area contributed by atoms with E-state index >= 15 is 0 Å². The SMILES string of the molecule is C[C@H]1C[C@@H](C(=O)NCc2ccc(OCCOc3ccccc3)nc2)CCN1. The van der Waals surface area contributed by atoms with Crippen LogP contribution in [0.3, 0.4) is 0 Å². The number of nitrogens with one attached hydrogen (secondary N) is 2. The maximum absolute atomic E-state index is 12.3. The summed E-state index contributed by atoms with van der Waals surface area (Å²) in [6.45, 7) is 4.39. The molecule has 1 amide bonds. The summed E-state index contributed by atoms with van der Waals surface area (Å²) in [6, 6.07) is 13.8. The van der Waals surface area contributed by atoms with Crippen LogP contribution in [0.1, 0.15) is 25.3 Å². The summed E-state index contributed by atoms with van der Waals surface area (Å²) in [4.78, 5) is 16.6. The molecule has 2 N–H and O–H groups in total. The largest absolute Gasteiger partial charge is 0.490 e. The van der Waals surface area contributed by atoms with Gasteiger partial charge in [-0.05, 0) is 44.0 Å². The summed E-state index contributed by atoms with van der Waals surface area (Å²) in [5, 5.41) is 6.38. The number of hydrogen-bond acceptors (Lipinski definition) is 5. The lowest BCUT2D eigenvalue weighted by molar-refractivity contribution is -0.126. The molecule has 0 aliphatic carbocycles. The van der Waals surface area contributed by atoms with Crippen LogP contribution in [0.4, 0.5) is 0 Å². The van der Waals surface area contributed by atoms with E-state index in [9.17, 15) is 4.79 Å². The molecule has 1 aromatic carbocycles. The van der Waals surface area contributed by atoms with Gasteiger partial charge in [0.1, 0.15) is 19.0 Å². The molecule has 2 atom stereocenters. The van der Waals surface area contributed by atoms with Crippen molar-refractivity contribution in [3.8, 4) is 11.6 Å². The number of pyridine rings is 1. The zero-order valence-electron chi connectivity index (χ0n) is 15.7. The molecule has 144 valence electrons. The van der Waals surface area contributed by atoms with Gasteiger partial charge in [0.25, 0.3) is 0 Å². The molecule has 1 fully saturated rings. The molecule has 0 saturated carbocycles. The average Bonchev–Trinajstić information content (AvgIpc) is 2.71. The zero-order valence-corrected chi connectivity index (χ0v) is 15.7. The highest BCUT2D eigenvalue weighted by atomic mass is 16.5. The van der Waals surface area contributed by atoms with Crippen LogP contribution in [-0.4, -0.2) is 36.7 Å². The van der Waals surface area contributed by atoms with Crippen molar-refractivity contribution in [2.75, 3.05) is 19.8 Å². The van der Waals surface area contributed by atoms with Crippen LogP contribution < -0.4 is 20.1 Å². The number of benzene rings is 1. The van der Waals surface area contributed by atoms with Gasteiger partial charge in [-0.2, -0.15) is 0 Å². The fourth-order valence-corrected chi connectivity index (χ4v) is 3.13. The van der Waals surface area contributed by atoms with E-state index < -0.39 is 0 Å². The minimum absolute atomic E-state index is 0.0985. The molecule has 3 rings (SSSR count). The summed E-state index contributed by atoms with van der Waals surface area (Å²) in [6.07, 6.45) is 3.52. The molecule has 0 spiro atoms. The van der Waals surface area contributed by atoms with Crippen LogP contribution in [0, 0.1) is 5.92 Å². The van der Waals surface area contributed by atoms with Gasteiger partial charge in [0.2, 0.25) is 11.8 Å². The maximum atomic E-state index is 12.3. The number of nitrogens with zero attached hydrogens (tertiary/aromatic N) is 1. The van der Waals surface area contributed by atoms with E-state index in [1.807, 2.05) is 42.5 Å². The number of carbonyl (C=O) groups is 1. The first-order valence-corrected chi connectivity index (χ1v) is 9.47. The van der Waals surface area contributed by atoms with Gasteiger partial charge in [-0.25, -0.2) is 4.98 Å². The Morgan fingerprint density at radius 3 is 2.74 bits per heavy atom. The highest BCUT2D eigenvalue weighted by Gasteiger charge is 2.24. The lowest BCUT2D eigenvalue weighted by Gasteiger charge is -2.27. The van der Waals surface area contributed by atoms with Crippen molar-refractivity contribution in [3.63, 3.8) is 0 Å². The van der Waals surface area contributed by atoms with Gasteiger partial charge in [-0.3, -0.25) is 4.79 Å². The van der Waals surface area contributed by atoms with Crippen molar-refractivity contribution >= 4 is 5.91 Å². The van der Waals surface area contributed by atoms with Gasteiger partial charge in [0, 0.05) is 30.8 Å². The predicted octanol–water partition coefficient (Wildman–Crippen LogP) is 2.54. The lowest BCUT2D eigenvalue weighted by atomic mass is 9.92. The molecule has 6 nitrogen and oxygen atoms in total. The second-order valence-corrected chi connectivity index (χ2v) is 6.81. The third kappa shape index (κ3) is 6.25. The Morgan fingerprint density at radius 2 is 2.00 bits per heavy atom. The molecule has 1 aromatic heterocycles.